The van der Waals surface area contributed by atoms with Crippen LogP contribution in [-0.4, -0.2) is 30.8 Å². The van der Waals surface area contributed by atoms with Gasteiger partial charge < -0.3 is 9.69 Å². The van der Waals surface area contributed by atoms with Gasteiger partial charge in [0.25, 0.3) is 0 Å². The molecule has 0 amide bonds. The minimum Gasteiger partial charge on any atom is -0.303 e. The van der Waals surface area contributed by atoms with E-state index in [-0.39, 0.29) is 0 Å². The van der Waals surface area contributed by atoms with Crippen LogP contribution in [0.5, 0.6) is 0 Å². The molecule has 0 saturated heterocycles. The topological polar surface area (TPSA) is 20.3 Å². The Morgan fingerprint density at radius 2 is 0.926 bits per heavy atom. The molecule has 0 unspecified atom stereocenters. The molecule has 0 rings (SSSR count). The summed E-state index contributed by atoms with van der Waals surface area (Å²) in [6.45, 7) is 12.6. The second-order valence-electron chi connectivity index (χ2n) is 9.40. The van der Waals surface area contributed by atoms with E-state index in [9.17, 15) is 4.79 Å². The quantitative estimate of drug-likeness (QED) is 0.150. The van der Waals surface area contributed by atoms with Gasteiger partial charge in [-0.25, -0.2) is 0 Å². The molecule has 2 nitrogen and oxygen atoms in total. The molecule has 2 heteroatoms. The number of hydrogen-bond acceptors (Lipinski definition) is 2. The van der Waals surface area contributed by atoms with E-state index in [2.05, 4.69) is 32.6 Å². The van der Waals surface area contributed by atoms with Crippen LogP contribution in [0.15, 0.2) is 0 Å². The van der Waals surface area contributed by atoms with E-state index in [4.69, 9.17) is 0 Å². The predicted molar refractivity (Wildman–Crippen MR) is 121 cm³/mol. The van der Waals surface area contributed by atoms with Crippen molar-refractivity contribution >= 4 is 6.29 Å². The highest BCUT2D eigenvalue weighted by Gasteiger charge is 2.04. The summed E-state index contributed by atoms with van der Waals surface area (Å²) in [5.41, 5.74) is 0. The van der Waals surface area contributed by atoms with Crippen LogP contribution >= 0.6 is 0 Å². The molecular weight excluding hydrogens is 330 g/mol. The first-order valence-corrected chi connectivity index (χ1v) is 12.2. The molecule has 0 N–H and O–H groups in total. The number of carbonyl (C=O) groups is 1. The van der Waals surface area contributed by atoms with Crippen molar-refractivity contribution in [3.8, 4) is 0 Å². The minimum absolute atomic E-state index is 0.699. The summed E-state index contributed by atoms with van der Waals surface area (Å²) in [6.07, 6.45) is 21.1. The molecule has 0 fully saturated rings. The van der Waals surface area contributed by atoms with Gasteiger partial charge in [-0.2, -0.15) is 0 Å². The standard InChI is InChI=1S/C25H51NO/c1-24(2)18-13-9-5-7-11-15-20-26(22-17-23-27)21-16-12-8-6-10-14-19-25(3)4/h23-25H,5-22H2,1-4H3. The molecule has 0 aliphatic heterocycles. The van der Waals surface area contributed by atoms with E-state index in [0.717, 1.165) is 24.7 Å². The average molecular weight is 382 g/mol. The monoisotopic (exact) mass is 381 g/mol. The van der Waals surface area contributed by atoms with Gasteiger partial charge in [0.15, 0.2) is 0 Å². The van der Waals surface area contributed by atoms with Gasteiger partial charge in [0.05, 0.1) is 0 Å². The molecule has 0 aromatic heterocycles. The summed E-state index contributed by atoms with van der Waals surface area (Å²) in [7, 11) is 0. The van der Waals surface area contributed by atoms with E-state index in [1.54, 1.807) is 0 Å². The lowest BCUT2D eigenvalue weighted by atomic mass is 10.0. The molecule has 0 heterocycles. The van der Waals surface area contributed by atoms with Crippen LogP contribution in [0.3, 0.4) is 0 Å². The zero-order chi connectivity index (χ0) is 20.2. The summed E-state index contributed by atoms with van der Waals surface area (Å²) in [5.74, 6) is 1.72. The van der Waals surface area contributed by atoms with Gasteiger partial charge in [-0.3, -0.25) is 0 Å². The molecule has 0 bridgehead atoms. The third kappa shape index (κ3) is 21.8. The second kappa shape index (κ2) is 20.4. The van der Waals surface area contributed by atoms with Crippen molar-refractivity contribution in [2.75, 3.05) is 19.6 Å². The van der Waals surface area contributed by atoms with Gasteiger partial charge in [-0.05, 0) is 37.8 Å². The molecule has 0 spiro atoms. The Labute approximate surface area is 171 Å². The van der Waals surface area contributed by atoms with Crippen molar-refractivity contribution < 1.29 is 4.79 Å². The number of hydrogen-bond donors (Lipinski definition) is 0. The molecule has 27 heavy (non-hydrogen) atoms. The Bertz CT molecular complexity index is 277. The third-order valence-electron chi connectivity index (χ3n) is 5.57. The lowest BCUT2D eigenvalue weighted by molar-refractivity contribution is -0.108. The van der Waals surface area contributed by atoms with Crippen LogP contribution in [0, 0.1) is 11.8 Å². The number of aldehydes is 1. The molecule has 0 aliphatic carbocycles. The van der Waals surface area contributed by atoms with E-state index in [1.807, 2.05) is 0 Å². The highest BCUT2D eigenvalue weighted by molar-refractivity contribution is 5.49. The van der Waals surface area contributed by atoms with E-state index >= 15 is 0 Å². The van der Waals surface area contributed by atoms with Crippen LogP contribution < -0.4 is 0 Å². The normalized spacial score (nSPS) is 11.8. The Morgan fingerprint density at radius 3 is 1.30 bits per heavy atom. The smallest absolute Gasteiger partial charge is 0.121 e. The van der Waals surface area contributed by atoms with E-state index in [0.29, 0.717) is 6.42 Å². The highest BCUT2D eigenvalue weighted by Crippen LogP contribution is 2.13. The minimum atomic E-state index is 0.699. The lowest BCUT2D eigenvalue weighted by Gasteiger charge is -2.21. The predicted octanol–water partition coefficient (Wildman–Crippen LogP) is 7.65. The molecule has 0 aliphatic rings. The lowest BCUT2D eigenvalue weighted by Crippen LogP contribution is -2.27. The molecule has 0 radical (unpaired) electrons. The van der Waals surface area contributed by atoms with Crippen molar-refractivity contribution in [2.45, 2.75) is 124 Å². The first-order chi connectivity index (χ1) is 13.1. The van der Waals surface area contributed by atoms with Crippen molar-refractivity contribution in [3.63, 3.8) is 0 Å². The first kappa shape index (κ1) is 26.6. The maximum Gasteiger partial charge on any atom is 0.121 e. The van der Waals surface area contributed by atoms with Gasteiger partial charge in [-0.15, -0.1) is 0 Å². The van der Waals surface area contributed by atoms with Crippen molar-refractivity contribution in [1.29, 1.82) is 0 Å². The number of nitrogens with zero attached hydrogens (tertiary/aromatic N) is 1. The summed E-state index contributed by atoms with van der Waals surface area (Å²) in [5, 5.41) is 0. The molecule has 0 atom stereocenters. The van der Waals surface area contributed by atoms with Crippen molar-refractivity contribution in [2.24, 2.45) is 11.8 Å². The molecule has 0 aromatic rings. The third-order valence-corrected chi connectivity index (χ3v) is 5.57. The highest BCUT2D eigenvalue weighted by atomic mass is 16.1. The maximum absolute atomic E-state index is 10.7. The van der Waals surface area contributed by atoms with Crippen LogP contribution in [0.25, 0.3) is 0 Å². The Morgan fingerprint density at radius 1 is 0.556 bits per heavy atom. The summed E-state index contributed by atoms with van der Waals surface area (Å²) in [6, 6.07) is 0. The Hall–Kier alpha value is -0.370. The van der Waals surface area contributed by atoms with Gasteiger partial charge in [0, 0.05) is 13.0 Å². The summed E-state index contributed by atoms with van der Waals surface area (Å²) in [4.78, 5) is 13.3. The maximum atomic E-state index is 10.7. The average Bonchev–Trinajstić information content (AvgIpc) is 2.62. The summed E-state index contributed by atoms with van der Waals surface area (Å²) < 4.78 is 0. The molecule has 0 saturated carbocycles. The fraction of sp³-hybridized carbons (Fsp3) is 0.960. The number of unbranched alkanes of at least 4 members (excludes halogenated alkanes) is 10. The van der Waals surface area contributed by atoms with Gasteiger partial charge in [0.2, 0.25) is 0 Å². The van der Waals surface area contributed by atoms with Gasteiger partial charge in [0.1, 0.15) is 6.29 Å². The largest absolute Gasteiger partial charge is 0.303 e. The zero-order valence-corrected chi connectivity index (χ0v) is 19.3. The van der Waals surface area contributed by atoms with Gasteiger partial charge >= 0.3 is 0 Å². The van der Waals surface area contributed by atoms with E-state index < -0.39 is 0 Å². The Balaban J connectivity index is 3.60. The van der Waals surface area contributed by atoms with Crippen LogP contribution in [0.4, 0.5) is 0 Å². The molecule has 162 valence electrons. The van der Waals surface area contributed by atoms with Crippen LogP contribution in [-0.2, 0) is 4.79 Å². The SMILES string of the molecule is CC(C)CCCCCCCCN(CCC=O)CCCCCCCCC(C)C. The van der Waals surface area contributed by atoms with Crippen LogP contribution in [0.1, 0.15) is 124 Å². The number of rotatable bonds is 21. The fourth-order valence-corrected chi connectivity index (χ4v) is 3.76. The zero-order valence-electron chi connectivity index (χ0n) is 19.3. The second-order valence-corrected chi connectivity index (χ2v) is 9.40. The first-order valence-electron chi connectivity index (χ1n) is 12.2. The van der Waals surface area contributed by atoms with Crippen molar-refractivity contribution in [1.82, 2.24) is 4.90 Å². The van der Waals surface area contributed by atoms with Gasteiger partial charge in [-0.1, -0.05) is 105 Å². The summed E-state index contributed by atoms with van der Waals surface area (Å²) >= 11 is 0. The fourth-order valence-electron chi connectivity index (χ4n) is 3.76. The Kier molecular flexibility index (Phi) is 20.1. The number of carbonyl (C=O) groups excluding carboxylic acids is 1. The van der Waals surface area contributed by atoms with Crippen molar-refractivity contribution in [3.05, 3.63) is 0 Å². The molecular formula is C25H51NO. The van der Waals surface area contributed by atoms with E-state index in [1.165, 1.54) is 103 Å². The van der Waals surface area contributed by atoms with Crippen LogP contribution in [0.2, 0.25) is 0 Å². The molecule has 0 aromatic carbocycles.